The largest absolute Gasteiger partial charge is 0.295 e. The zero-order valence-electron chi connectivity index (χ0n) is 11.7. The molecule has 20 heavy (non-hydrogen) atoms. The van der Waals surface area contributed by atoms with Crippen LogP contribution in [-0.2, 0) is 0 Å². The van der Waals surface area contributed by atoms with Gasteiger partial charge < -0.3 is 0 Å². The highest BCUT2D eigenvalue weighted by atomic mass is 35.5. The summed E-state index contributed by atoms with van der Waals surface area (Å²) in [5.74, 6) is 0.428. The summed E-state index contributed by atoms with van der Waals surface area (Å²) in [6.07, 6.45) is 0.418. The van der Waals surface area contributed by atoms with Crippen molar-refractivity contribution in [3.8, 4) is 6.07 Å². The summed E-state index contributed by atoms with van der Waals surface area (Å²) < 4.78 is 0. The van der Waals surface area contributed by atoms with Gasteiger partial charge in [0.25, 0.3) is 0 Å². The van der Waals surface area contributed by atoms with Crippen LogP contribution in [0.3, 0.4) is 0 Å². The standard InChI is InChI=1S/C15H18Cl2N2O/c1-11(2)9-19(7-3-6-18)10-15(20)12-4-5-13(16)14(17)8-12/h4-5,8,11H,3,7,9-10H2,1-2H3. The molecule has 1 aromatic carbocycles. The molecule has 0 saturated carbocycles. The van der Waals surface area contributed by atoms with E-state index in [1.807, 2.05) is 4.90 Å². The third kappa shape index (κ3) is 5.50. The summed E-state index contributed by atoms with van der Waals surface area (Å²) in [5.41, 5.74) is 0.546. The molecule has 0 N–H and O–H groups in total. The van der Waals surface area contributed by atoms with Crippen molar-refractivity contribution in [2.75, 3.05) is 19.6 Å². The molecule has 0 atom stereocenters. The van der Waals surface area contributed by atoms with Crippen LogP contribution in [0.15, 0.2) is 18.2 Å². The average molecular weight is 313 g/mol. The van der Waals surface area contributed by atoms with Gasteiger partial charge in [-0.1, -0.05) is 37.0 Å². The molecule has 3 nitrogen and oxygen atoms in total. The van der Waals surface area contributed by atoms with Crippen LogP contribution in [0.25, 0.3) is 0 Å². The Bertz CT molecular complexity index is 509. The number of Topliss-reactive ketones (excluding diaryl/α,β-unsaturated/α-hetero) is 1. The fourth-order valence-electron chi connectivity index (χ4n) is 1.92. The van der Waals surface area contributed by atoms with Gasteiger partial charge in [0.1, 0.15) is 0 Å². The predicted molar refractivity (Wildman–Crippen MR) is 82.3 cm³/mol. The minimum absolute atomic E-state index is 0.0119. The number of nitrogens with zero attached hydrogens (tertiary/aromatic N) is 2. The number of benzene rings is 1. The summed E-state index contributed by atoms with van der Waals surface area (Å²) in [7, 11) is 0. The lowest BCUT2D eigenvalue weighted by Crippen LogP contribution is -2.33. The average Bonchev–Trinajstić information content (AvgIpc) is 2.38. The van der Waals surface area contributed by atoms with E-state index in [2.05, 4.69) is 19.9 Å². The smallest absolute Gasteiger partial charge is 0.176 e. The molecule has 0 saturated heterocycles. The minimum atomic E-state index is -0.0119. The van der Waals surface area contributed by atoms with E-state index in [1.54, 1.807) is 18.2 Å². The Morgan fingerprint density at radius 1 is 1.35 bits per heavy atom. The Morgan fingerprint density at radius 3 is 2.60 bits per heavy atom. The van der Waals surface area contributed by atoms with E-state index in [1.165, 1.54) is 0 Å². The third-order valence-electron chi connectivity index (χ3n) is 2.77. The Hall–Kier alpha value is -1.08. The van der Waals surface area contributed by atoms with Crippen molar-refractivity contribution in [2.24, 2.45) is 5.92 Å². The number of nitriles is 1. The van der Waals surface area contributed by atoms with Gasteiger partial charge in [0, 0.05) is 25.1 Å². The first-order valence-electron chi connectivity index (χ1n) is 6.51. The first kappa shape index (κ1) is 17.0. The lowest BCUT2D eigenvalue weighted by atomic mass is 10.1. The molecule has 0 amide bonds. The van der Waals surface area contributed by atoms with Crippen molar-refractivity contribution in [1.82, 2.24) is 4.90 Å². The van der Waals surface area contributed by atoms with Gasteiger partial charge in [0.15, 0.2) is 5.78 Å². The maximum Gasteiger partial charge on any atom is 0.176 e. The molecular weight excluding hydrogens is 295 g/mol. The van der Waals surface area contributed by atoms with Gasteiger partial charge in [0.05, 0.1) is 22.7 Å². The van der Waals surface area contributed by atoms with Gasteiger partial charge in [-0.25, -0.2) is 0 Å². The van der Waals surface area contributed by atoms with Crippen LogP contribution in [0.1, 0.15) is 30.6 Å². The summed E-state index contributed by atoms with van der Waals surface area (Å²) in [4.78, 5) is 14.2. The second kappa shape index (κ2) is 8.26. The Labute approximate surface area is 130 Å². The highest BCUT2D eigenvalue weighted by Crippen LogP contribution is 2.23. The van der Waals surface area contributed by atoms with Crippen LogP contribution in [0.4, 0.5) is 0 Å². The Morgan fingerprint density at radius 2 is 2.05 bits per heavy atom. The SMILES string of the molecule is CC(C)CN(CCC#N)CC(=O)c1ccc(Cl)c(Cl)c1. The van der Waals surface area contributed by atoms with E-state index in [9.17, 15) is 4.79 Å². The maximum absolute atomic E-state index is 12.2. The third-order valence-corrected chi connectivity index (χ3v) is 3.51. The van der Waals surface area contributed by atoms with Crippen LogP contribution in [-0.4, -0.2) is 30.3 Å². The number of carbonyl (C=O) groups excluding carboxylic acids is 1. The van der Waals surface area contributed by atoms with Crippen molar-refractivity contribution in [3.05, 3.63) is 33.8 Å². The first-order chi connectivity index (χ1) is 9.43. The molecule has 1 aromatic rings. The molecule has 0 heterocycles. The van der Waals surface area contributed by atoms with Crippen LogP contribution < -0.4 is 0 Å². The molecule has 0 bridgehead atoms. The molecule has 0 spiro atoms. The normalized spacial score (nSPS) is 10.8. The van der Waals surface area contributed by atoms with Gasteiger partial charge in [-0.3, -0.25) is 9.69 Å². The van der Waals surface area contributed by atoms with E-state index < -0.39 is 0 Å². The topological polar surface area (TPSA) is 44.1 Å². The van der Waals surface area contributed by atoms with Crippen molar-refractivity contribution in [2.45, 2.75) is 20.3 Å². The number of halogens is 2. The number of carbonyl (C=O) groups is 1. The molecular formula is C15H18Cl2N2O. The van der Waals surface area contributed by atoms with Gasteiger partial charge in [-0.15, -0.1) is 0 Å². The number of ketones is 1. The highest BCUT2D eigenvalue weighted by molar-refractivity contribution is 6.42. The summed E-state index contributed by atoms with van der Waals surface area (Å²) in [5, 5.41) is 9.49. The fraction of sp³-hybridized carbons (Fsp3) is 0.467. The second-order valence-corrected chi connectivity index (χ2v) is 5.90. The molecule has 0 aromatic heterocycles. The van der Waals surface area contributed by atoms with Gasteiger partial charge in [-0.2, -0.15) is 5.26 Å². The van der Waals surface area contributed by atoms with Crippen LogP contribution in [0.5, 0.6) is 0 Å². The maximum atomic E-state index is 12.2. The molecule has 0 unspecified atom stereocenters. The van der Waals surface area contributed by atoms with Crippen LogP contribution in [0, 0.1) is 17.2 Å². The van der Waals surface area contributed by atoms with Gasteiger partial charge in [-0.05, 0) is 24.1 Å². The van der Waals surface area contributed by atoms with Crippen LogP contribution in [0.2, 0.25) is 10.0 Å². The van der Waals surface area contributed by atoms with Crippen molar-refractivity contribution in [1.29, 1.82) is 5.26 Å². The molecule has 0 fully saturated rings. The Kier molecular flexibility index (Phi) is 7.01. The lowest BCUT2D eigenvalue weighted by molar-refractivity contribution is 0.0924. The Balaban J connectivity index is 2.73. The van der Waals surface area contributed by atoms with E-state index >= 15 is 0 Å². The number of hydrogen-bond acceptors (Lipinski definition) is 3. The summed E-state index contributed by atoms with van der Waals surface area (Å²) in [6, 6.07) is 7.00. The van der Waals surface area contributed by atoms with Gasteiger partial charge >= 0.3 is 0 Å². The molecule has 5 heteroatoms. The molecule has 0 aliphatic heterocycles. The van der Waals surface area contributed by atoms with Crippen molar-refractivity contribution >= 4 is 29.0 Å². The highest BCUT2D eigenvalue weighted by Gasteiger charge is 2.14. The monoisotopic (exact) mass is 312 g/mol. The predicted octanol–water partition coefficient (Wildman–Crippen LogP) is 4.05. The number of hydrogen-bond donors (Lipinski definition) is 0. The molecule has 0 aliphatic rings. The molecule has 0 radical (unpaired) electrons. The zero-order chi connectivity index (χ0) is 15.1. The lowest BCUT2D eigenvalue weighted by Gasteiger charge is -2.22. The van der Waals surface area contributed by atoms with Gasteiger partial charge in [0.2, 0.25) is 0 Å². The van der Waals surface area contributed by atoms with E-state index in [-0.39, 0.29) is 12.3 Å². The van der Waals surface area contributed by atoms with E-state index in [0.29, 0.717) is 34.5 Å². The molecule has 1 rings (SSSR count). The second-order valence-electron chi connectivity index (χ2n) is 5.09. The minimum Gasteiger partial charge on any atom is -0.295 e. The van der Waals surface area contributed by atoms with Crippen molar-refractivity contribution < 1.29 is 4.79 Å². The molecule has 0 aliphatic carbocycles. The van der Waals surface area contributed by atoms with Crippen LogP contribution >= 0.6 is 23.2 Å². The van der Waals surface area contributed by atoms with E-state index in [0.717, 1.165) is 6.54 Å². The fourth-order valence-corrected chi connectivity index (χ4v) is 2.22. The quantitative estimate of drug-likeness (QED) is 0.713. The molecule has 108 valence electrons. The summed E-state index contributed by atoms with van der Waals surface area (Å²) >= 11 is 11.8. The van der Waals surface area contributed by atoms with Crippen molar-refractivity contribution in [3.63, 3.8) is 0 Å². The summed E-state index contributed by atoms with van der Waals surface area (Å²) in [6.45, 7) is 5.85. The van der Waals surface area contributed by atoms with E-state index in [4.69, 9.17) is 28.5 Å². The number of rotatable bonds is 7. The first-order valence-corrected chi connectivity index (χ1v) is 7.27. The zero-order valence-corrected chi connectivity index (χ0v) is 13.2.